The van der Waals surface area contributed by atoms with E-state index in [1.807, 2.05) is 42.5 Å². The maximum atomic E-state index is 7.20. The molecule has 0 aliphatic carbocycles. The highest BCUT2D eigenvalue weighted by Gasteiger charge is 2.05. The van der Waals surface area contributed by atoms with E-state index in [9.17, 15) is 0 Å². The quantitative estimate of drug-likeness (QED) is 0.475. The Hall–Kier alpha value is -2.29. The van der Waals surface area contributed by atoms with Crippen molar-refractivity contribution >= 4 is 27.4 Å². The molecule has 3 rings (SSSR count). The highest BCUT2D eigenvalue weighted by Crippen LogP contribution is 2.31. The number of benzene rings is 2. The Morgan fingerprint density at radius 1 is 1.00 bits per heavy atom. The minimum Gasteiger partial charge on any atom is -0.256 e. The van der Waals surface area contributed by atoms with E-state index < -0.39 is 0 Å². The number of nitrogens with one attached hydrogen (secondary N) is 1. The molecule has 0 saturated carbocycles. The number of hydrogen-bond acceptors (Lipinski definition) is 3. The normalized spacial score (nSPS) is 10.8. The van der Waals surface area contributed by atoms with E-state index in [0.29, 0.717) is 5.69 Å². The maximum absolute atomic E-state index is 7.20. The van der Waals surface area contributed by atoms with Gasteiger partial charge in [-0.15, -0.1) is 0 Å². The monoisotopic (exact) mass is 207 g/mol. The number of nitrogens with zero attached hydrogens (tertiary/aromatic N) is 2. The molecule has 3 aromatic rings. The van der Waals surface area contributed by atoms with Crippen LogP contribution in [0.4, 0.5) is 5.69 Å². The second kappa shape index (κ2) is 3.38. The Morgan fingerprint density at radius 2 is 1.81 bits per heavy atom. The molecular weight excluding hydrogens is 198 g/mol. The summed E-state index contributed by atoms with van der Waals surface area (Å²) in [7, 11) is 0. The predicted molar refractivity (Wildman–Crippen MR) is 64.1 cm³/mol. The van der Waals surface area contributed by atoms with Crippen molar-refractivity contribution in [3.8, 4) is 0 Å². The predicted octanol–water partition coefficient (Wildman–Crippen LogP) is 4.05. The second-order valence-electron chi connectivity index (χ2n) is 3.63. The molecule has 0 atom stereocenters. The van der Waals surface area contributed by atoms with Gasteiger partial charge in [-0.25, -0.2) is 5.53 Å². The van der Waals surface area contributed by atoms with E-state index >= 15 is 0 Å². The van der Waals surface area contributed by atoms with Gasteiger partial charge in [-0.05, 0) is 23.6 Å². The van der Waals surface area contributed by atoms with Crippen molar-refractivity contribution in [2.45, 2.75) is 0 Å². The SMILES string of the molecule is N=Nc1cc2ccccc2c2ncccc12. The van der Waals surface area contributed by atoms with Gasteiger partial charge < -0.3 is 0 Å². The number of fused-ring (bicyclic) bond motifs is 3. The standard InChI is InChI=1S/C13H9N3/c14-16-12-8-9-4-1-2-5-10(9)13-11(12)6-3-7-15-13/h1-8,14H. The third kappa shape index (κ3) is 1.18. The van der Waals surface area contributed by atoms with Crippen LogP contribution in [0.2, 0.25) is 0 Å². The fourth-order valence-corrected chi connectivity index (χ4v) is 1.98. The molecule has 16 heavy (non-hydrogen) atoms. The zero-order valence-electron chi connectivity index (χ0n) is 8.51. The summed E-state index contributed by atoms with van der Waals surface area (Å²) in [5.74, 6) is 0. The molecule has 0 bridgehead atoms. The average molecular weight is 207 g/mol. The number of aromatic nitrogens is 1. The van der Waals surface area contributed by atoms with Crippen LogP contribution in [0.1, 0.15) is 0 Å². The van der Waals surface area contributed by atoms with E-state index in [-0.39, 0.29) is 0 Å². The first-order valence-electron chi connectivity index (χ1n) is 5.04. The molecule has 2 aromatic carbocycles. The highest BCUT2D eigenvalue weighted by atomic mass is 15.0. The van der Waals surface area contributed by atoms with Crippen molar-refractivity contribution in [2.75, 3.05) is 0 Å². The lowest BCUT2D eigenvalue weighted by molar-refractivity contribution is 1.16. The second-order valence-corrected chi connectivity index (χ2v) is 3.63. The van der Waals surface area contributed by atoms with E-state index in [1.165, 1.54) is 0 Å². The molecule has 0 spiro atoms. The molecule has 0 aliphatic rings. The van der Waals surface area contributed by atoms with Crippen LogP contribution in [0.5, 0.6) is 0 Å². The molecule has 0 amide bonds. The first-order chi connectivity index (χ1) is 7.90. The van der Waals surface area contributed by atoms with Gasteiger partial charge >= 0.3 is 0 Å². The molecule has 3 heteroatoms. The Labute approximate surface area is 92.3 Å². The summed E-state index contributed by atoms with van der Waals surface area (Å²) < 4.78 is 0. The number of rotatable bonds is 1. The molecule has 3 nitrogen and oxygen atoms in total. The lowest BCUT2D eigenvalue weighted by Gasteiger charge is -2.04. The van der Waals surface area contributed by atoms with Crippen LogP contribution in [-0.2, 0) is 0 Å². The van der Waals surface area contributed by atoms with Crippen molar-refractivity contribution in [2.24, 2.45) is 5.11 Å². The molecule has 1 aromatic heterocycles. The van der Waals surface area contributed by atoms with Gasteiger partial charge in [0.15, 0.2) is 0 Å². The van der Waals surface area contributed by atoms with E-state index in [2.05, 4.69) is 10.1 Å². The molecule has 0 unspecified atom stereocenters. The Morgan fingerprint density at radius 3 is 2.69 bits per heavy atom. The smallest absolute Gasteiger partial charge is 0.0950 e. The first-order valence-corrected chi connectivity index (χ1v) is 5.04. The van der Waals surface area contributed by atoms with E-state index in [0.717, 1.165) is 21.7 Å². The molecule has 0 radical (unpaired) electrons. The van der Waals surface area contributed by atoms with Crippen LogP contribution >= 0.6 is 0 Å². The van der Waals surface area contributed by atoms with Crippen LogP contribution in [0.3, 0.4) is 0 Å². The topological polar surface area (TPSA) is 49.1 Å². The molecule has 1 N–H and O–H groups in total. The molecule has 0 saturated heterocycles. The van der Waals surface area contributed by atoms with Crippen LogP contribution in [0, 0.1) is 5.53 Å². The molecule has 0 fully saturated rings. The third-order valence-electron chi connectivity index (χ3n) is 2.71. The van der Waals surface area contributed by atoms with Gasteiger partial charge in [-0.1, -0.05) is 24.3 Å². The van der Waals surface area contributed by atoms with Gasteiger partial charge in [0.25, 0.3) is 0 Å². The van der Waals surface area contributed by atoms with Gasteiger partial charge in [-0.2, -0.15) is 5.11 Å². The van der Waals surface area contributed by atoms with Gasteiger partial charge in [0, 0.05) is 17.0 Å². The summed E-state index contributed by atoms with van der Waals surface area (Å²) in [4.78, 5) is 4.37. The van der Waals surface area contributed by atoms with Gasteiger partial charge in [0.1, 0.15) is 0 Å². The van der Waals surface area contributed by atoms with Crippen molar-refractivity contribution in [3.05, 3.63) is 48.7 Å². The summed E-state index contributed by atoms with van der Waals surface area (Å²) in [6, 6.07) is 13.8. The molecule has 76 valence electrons. The van der Waals surface area contributed by atoms with Crippen LogP contribution in [-0.4, -0.2) is 4.98 Å². The summed E-state index contributed by atoms with van der Waals surface area (Å²) in [5, 5.41) is 6.66. The van der Waals surface area contributed by atoms with Gasteiger partial charge in [-0.3, -0.25) is 4.98 Å². The summed E-state index contributed by atoms with van der Waals surface area (Å²) in [5.41, 5.74) is 8.78. The van der Waals surface area contributed by atoms with Crippen LogP contribution < -0.4 is 0 Å². The third-order valence-corrected chi connectivity index (χ3v) is 2.71. The van der Waals surface area contributed by atoms with Crippen LogP contribution in [0.15, 0.2) is 53.8 Å². The Bertz CT molecular complexity index is 689. The van der Waals surface area contributed by atoms with Gasteiger partial charge in [0.2, 0.25) is 0 Å². The van der Waals surface area contributed by atoms with E-state index in [1.54, 1.807) is 6.20 Å². The van der Waals surface area contributed by atoms with E-state index in [4.69, 9.17) is 5.53 Å². The molecular formula is C13H9N3. The summed E-state index contributed by atoms with van der Waals surface area (Å²) >= 11 is 0. The lowest BCUT2D eigenvalue weighted by atomic mass is 10.0. The van der Waals surface area contributed by atoms with Crippen LogP contribution in [0.25, 0.3) is 21.7 Å². The van der Waals surface area contributed by atoms with Crippen molar-refractivity contribution in [3.63, 3.8) is 0 Å². The summed E-state index contributed by atoms with van der Waals surface area (Å²) in [6.07, 6.45) is 1.77. The van der Waals surface area contributed by atoms with Crippen molar-refractivity contribution in [1.82, 2.24) is 4.98 Å². The largest absolute Gasteiger partial charge is 0.256 e. The zero-order chi connectivity index (χ0) is 11.0. The zero-order valence-corrected chi connectivity index (χ0v) is 8.51. The van der Waals surface area contributed by atoms with Gasteiger partial charge in [0.05, 0.1) is 11.2 Å². The van der Waals surface area contributed by atoms with Crippen molar-refractivity contribution in [1.29, 1.82) is 5.53 Å². The number of pyridine rings is 1. The highest BCUT2D eigenvalue weighted by molar-refractivity contribution is 6.10. The van der Waals surface area contributed by atoms with Crippen molar-refractivity contribution < 1.29 is 0 Å². The maximum Gasteiger partial charge on any atom is 0.0950 e. The lowest BCUT2D eigenvalue weighted by Crippen LogP contribution is -1.81. The molecule has 0 aliphatic heterocycles. The summed E-state index contributed by atoms with van der Waals surface area (Å²) in [6.45, 7) is 0. The minimum absolute atomic E-state index is 0.668. The Balaban J connectivity index is 2.62. The molecule has 1 heterocycles. The fourth-order valence-electron chi connectivity index (χ4n) is 1.98. The average Bonchev–Trinajstić information content (AvgIpc) is 2.38. The number of hydrogen-bond donors (Lipinski definition) is 1. The Kier molecular flexibility index (Phi) is 1.90. The fraction of sp³-hybridized carbons (Fsp3) is 0. The minimum atomic E-state index is 0.668. The first kappa shape index (κ1) is 8.97.